The van der Waals surface area contributed by atoms with Gasteiger partial charge in [-0.25, -0.2) is 9.37 Å². The van der Waals surface area contributed by atoms with Crippen molar-refractivity contribution >= 4 is 5.65 Å². The van der Waals surface area contributed by atoms with Crippen LogP contribution in [0.1, 0.15) is 5.56 Å². The summed E-state index contributed by atoms with van der Waals surface area (Å²) < 4.78 is 15.5. The van der Waals surface area contributed by atoms with Crippen molar-refractivity contribution in [2.75, 3.05) is 0 Å². The Morgan fingerprint density at radius 3 is 2.70 bits per heavy atom. The molecule has 3 heterocycles. The average Bonchev–Trinajstić information content (AvgIpc) is 3.05. The fourth-order valence-electron chi connectivity index (χ4n) is 2.74. The summed E-state index contributed by atoms with van der Waals surface area (Å²) in [6.45, 7) is 1.76. The van der Waals surface area contributed by atoms with E-state index in [-0.39, 0.29) is 5.82 Å². The number of benzene rings is 1. The fourth-order valence-corrected chi connectivity index (χ4v) is 2.74. The summed E-state index contributed by atoms with van der Waals surface area (Å²) in [6.07, 6.45) is 7.47. The molecular weight excluding hydrogens is 289 g/mol. The number of imidazole rings is 1. The van der Waals surface area contributed by atoms with Crippen molar-refractivity contribution in [3.63, 3.8) is 0 Å². The third-order valence-corrected chi connectivity index (χ3v) is 3.94. The first-order chi connectivity index (χ1) is 11.2. The zero-order chi connectivity index (χ0) is 15.8. The van der Waals surface area contributed by atoms with E-state index in [1.807, 2.05) is 47.1 Å². The van der Waals surface area contributed by atoms with Crippen LogP contribution in [0.4, 0.5) is 4.39 Å². The average molecular weight is 303 g/mol. The van der Waals surface area contributed by atoms with Gasteiger partial charge in [0, 0.05) is 41.5 Å². The molecule has 4 rings (SSSR count). The van der Waals surface area contributed by atoms with Crippen molar-refractivity contribution in [1.29, 1.82) is 0 Å². The summed E-state index contributed by atoms with van der Waals surface area (Å²) in [7, 11) is 0. The summed E-state index contributed by atoms with van der Waals surface area (Å²) in [6, 6.07) is 13.0. The molecule has 0 aliphatic rings. The third kappa shape index (κ3) is 2.38. The minimum absolute atomic E-state index is 0.203. The van der Waals surface area contributed by atoms with Gasteiger partial charge in [-0.2, -0.15) is 0 Å². The van der Waals surface area contributed by atoms with Crippen LogP contribution in [0.5, 0.6) is 0 Å². The molecule has 4 aromatic rings. The van der Waals surface area contributed by atoms with E-state index in [9.17, 15) is 4.39 Å². The van der Waals surface area contributed by atoms with Gasteiger partial charge in [0.25, 0.3) is 0 Å². The van der Waals surface area contributed by atoms with E-state index in [0.717, 1.165) is 28.0 Å². The van der Waals surface area contributed by atoms with Crippen molar-refractivity contribution in [2.45, 2.75) is 6.92 Å². The predicted molar refractivity (Wildman–Crippen MR) is 88.6 cm³/mol. The molecule has 0 N–H and O–H groups in total. The highest BCUT2D eigenvalue weighted by molar-refractivity contribution is 5.80. The predicted octanol–water partition coefficient (Wildman–Crippen LogP) is 4.51. The van der Waals surface area contributed by atoms with Crippen LogP contribution in [0.2, 0.25) is 0 Å². The van der Waals surface area contributed by atoms with Gasteiger partial charge < -0.3 is 4.40 Å². The molecule has 0 atom stereocenters. The highest BCUT2D eigenvalue weighted by Gasteiger charge is 2.10. The second-order valence-electron chi connectivity index (χ2n) is 5.47. The Hall–Kier alpha value is -3.01. The van der Waals surface area contributed by atoms with Crippen LogP contribution >= 0.6 is 0 Å². The minimum Gasteiger partial charge on any atom is -0.306 e. The molecule has 0 spiro atoms. The van der Waals surface area contributed by atoms with E-state index < -0.39 is 0 Å². The lowest BCUT2D eigenvalue weighted by molar-refractivity contribution is 0.619. The van der Waals surface area contributed by atoms with Gasteiger partial charge in [0.2, 0.25) is 0 Å². The van der Waals surface area contributed by atoms with Crippen LogP contribution in [-0.4, -0.2) is 14.4 Å². The van der Waals surface area contributed by atoms with E-state index in [4.69, 9.17) is 0 Å². The van der Waals surface area contributed by atoms with Gasteiger partial charge in [-0.1, -0.05) is 6.07 Å². The van der Waals surface area contributed by atoms with Crippen LogP contribution in [0, 0.1) is 12.7 Å². The van der Waals surface area contributed by atoms with E-state index >= 15 is 0 Å². The normalized spacial score (nSPS) is 11.0. The number of hydrogen-bond donors (Lipinski definition) is 0. The van der Waals surface area contributed by atoms with Crippen LogP contribution in [0.15, 0.2) is 67.3 Å². The van der Waals surface area contributed by atoms with E-state index in [2.05, 4.69) is 9.97 Å². The first kappa shape index (κ1) is 13.6. The van der Waals surface area contributed by atoms with E-state index in [0.29, 0.717) is 5.56 Å². The molecule has 0 bridgehead atoms. The highest BCUT2D eigenvalue weighted by atomic mass is 19.1. The van der Waals surface area contributed by atoms with E-state index in [1.54, 1.807) is 25.4 Å². The highest BCUT2D eigenvalue weighted by Crippen LogP contribution is 2.31. The smallest absolute Gasteiger partial charge is 0.136 e. The Morgan fingerprint density at radius 1 is 0.957 bits per heavy atom. The number of rotatable bonds is 2. The van der Waals surface area contributed by atoms with E-state index in [1.165, 1.54) is 6.07 Å². The summed E-state index contributed by atoms with van der Waals surface area (Å²) in [5.74, 6) is -0.203. The number of halogens is 1. The van der Waals surface area contributed by atoms with Crippen molar-refractivity contribution < 1.29 is 4.39 Å². The van der Waals surface area contributed by atoms with Gasteiger partial charge in [-0.3, -0.25) is 4.98 Å². The van der Waals surface area contributed by atoms with Gasteiger partial charge in [-0.15, -0.1) is 0 Å². The number of aryl methyl sites for hydroxylation is 1. The Morgan fingerprint density at radius 2 is 1.83 bits per heavy atom. The quantitative estimate of drug-likeness (QED) is 0.545. The second-order valence-corrected chi connectivity index (χ2v) is 5.47. The van der Waals surface area contributed by atoms with Crippen LogP contribution in [-0.2, 0) is 0 Å². The van der Waals surface area contributed by atoms with Crippen LogP contribution < -0.4 is 0 Å². The Labute approximate surface area is 133 Å². The molecule has 4 heteroatoms. The summed E-state index contributed by atoms with van der Waals surface area (Å²) in [4.78, 5) is 8.78. The second kappa shape index (κ2) is 5.32. The van der Waals surface area contributed by atoms with Gasteiger partial charge >= 0.3 is 0 Å². The molecule has 0 fully saturated rings. The molecule has 0 saturated carbocycles. The molecule has 0 saturated heterocycles. The number of pyridine rings is 2. The Balaban J connectivity index is 1.90. The van der Waals surface area contributed by atoms with Crippen LogP contribution in [0.25, 0.3) is 28.0 Å². The maximum Gasteiger partial charge on any atom is 0.136 e. The molecule has 0 amide bonds. The van der Waals surface area contributed by atoms with Gasteiger partial charge in [0.1, 0.15) is 11.5 Å². The molecule has 0 radical (unpaired) electrons. The first-order valence-corrected chi connectivity index (χ1v) is 7.37. The SMILES string of the molecule is Cc1cc(-c2ncccc2-c2ccc3nccn3c2)ccc1F. The maximum absolute atomic E-state index is 13.5. The molecule has 23 heavy (non-hydrogen) atoms. The van der Waals surface area contributed by atoms with Gasteiger partial charge in [-0.05, 0) is 48.9 Å². The monoisotopic (exact) mass is 303 g/mol. The number of hydrogen-bond acceptors (Lipinski definition) is 2. The lowest BCUT2D eigenvalue weighted by Crippen LogP contribution is -1.92. The van der Waals surface area contributed by atoms with Crippen LogP contribution in [0.3, 0.4) is 0 Å². The summed E-state index contributed by atoms with van der Waals surface area (Å²) >= 11 is 0. The summed E-state index contributed by atoms with van der Waals surface area (Å²) in [5, 5.41) is 0. The number of fused-ring (bicyclic) bond motifs is 1. The third-order valence-electron chi connectivity index (χ3n) is 3.94. The summed E-state index contributed by atoms with van der Waals surface area (Å²) in [5.41, 5.74) is 5.32. The standard InChI is InChI=1S/C19H14FN3/c1-13-11-14(4-6-17(13)20)19-16(3-2-8-22-19)15-5-7-18-21-9-10-23(18)12-15/h2-12H,1H3. The van der Waals surface area contributed by atoms with Crippen molar-refractivity contribution in [3.05, 3.63) is 78.6 Å². The van der Waals surface area contributed by atoms with Crippen molar-refractivity contribution in [1.82, 2.24) is 14.4 Å². The lowest BCUT2D eigenvalue weighted by atomic mass is 9.99. The molecule has 112 valence electrons. The Kier molecular flexibility index (Phi) is 3.15. The topological polar surface area (TPSA) is 30.2 Å². The van der Waals surface area contributed by atoms with Crippen molar-refractivity contribution in [3.8, 4) is 22.4 Å². The molecular formula is C19H14FN3. The zero-order valence-electron chi connectivity index (χ0n) is 12.6. The lowest BCUT2D eigenvalue weighted by Gasteiger charge is -2.10. The number of aromatic nitrogens is 3. The minimum atomic E-state index is -0.203. The fraction of sp³-hybridized carbons (Fsp3) is 0.0526. The molecule has 3 nitrogen and oxygen atoms in total. The molecule has 3 aromatic heterocycles. The largest absolute Gasteiger partial charge is 0.306 e. The number of nitrogens with zero attached hydrogens (tertiary/aromatic N) is 3. The molecule has 0 unspecified atom stereocenters. The maximum atomic E-state index is 13.5. The molecule has 0 aliphatic heterocycles. The first-order valence-electron chi connectivity index (χ1n) is 7.37. The van der Waals surface area contributed by atoms with Gasteiger partial charge in [0.15, 0.2) is 0 Å². The van der Waals surface area contributed by atoms with Gasteiger partial charge in [0.05, 0.1) is 5.69 Å². The zero-order valence-corrected chi connectivity index (χ0v) is 12.6. The molecule has 0 aliphatic carbocycles. The Bertz CT molecular complexity index is 1000. The molecule has 1 aromatic carbocycles. The van der Waals surface area contributed by atoms with Crippen molar-refractivity contribution in [2.24, 2.45) is 0 Å².